The lowest BCUT2D eigenvalue weighted by molar-refractivity contribution is 0.149. The van der Waals surface area contributed by atoms with E-state index in [1.807, 2.05) is 0 Å². The van der Waals surface area contributed by atoms with Crippen LogP contribution in [0.5, 0.6) is 0 Å². The Morgan fingerprint density at radius 3 is 2.65 bits per heavy atom. The highest BCUT2D eigenvalue weighted by molar-refractivity contribution is 7.89. The lowest BCUT2D eigenvalue weighted by Gasteiger charge is -2.24. The van der Waals surface area contributed by atoms with Gasteiger partial charge in [-0.25, -0.2) is 12.8 Å². The quantitative estimate of drug-likeness (QED) is 0.822. The lowest BCUT2D eigenvalue weighted by atomic mass is 10.2. The lowest BCUT2D eigenvalue weighted by Crippen LogP contribution is -2.37. The molecule has 1 atom stereocenters. The average Bonchev–Trinajstić information content (AvgIpc) is 2.40. The molecule has 1 aromatic rings. The molecule has 0 aromatic heterocycles. The minimum Gasteiger partial charge on any atom is -0.383 e. The van der Waals surface area contributed by atoms with Crippen molar-refractivity contribution in [2.24, 2.45) is 0 Å². The Hall–Kier alpha value is -1.02. The molecule has 1 unspecified atom stereocenters. The van der Waals surface area contributed by atoms with Crippen molar-refractivity contribution < 1.29 is 17.5 Å². The van der Waals surface area contributed by atoms with Crippen LogP contribution in [0.1, 0.15) is 12.5 Å². The number of nitrogens with one attached hydrogen (secondary N) is 1. The Morgan fingerprint density at radius 1 is 1.45 bits per heavy atom. The molecule has 0 heterocycles. The van der Waals surface area contributed by atoms with E-state index in [0.29, 0.717) is 12.2 Å². The Morgan fingerprint density at radius 2 is 2.10 bits per heavy atom. The molecule has 0 bridgehead atoms. The van der Waals surface area contributed by atoms with Gasteiger partial charge in [-0.3, -0.25) is 0 Å². The smallest absolute Gasteiger partial charge is 0.243 e. The number of hydrogen-bond donors (Lipinski definition) is 1. The van der Waals surface area contributed by atoms with Crippen molar-refractivity contribution in [3.05, 3.63) is 29.6 Å². The molecule has 1 rings (SSSR count). The summed E-state index contributed by atoms with van der Waals surface area (Å²) in [7, 11) is 1.01. The Labute approximate surface area is 119 Å². The van der Waals surface area contributed by atoms with Gasteiger partial charge < -0.3 is 10.1 Å². The van der Waals surface area contributed by atoms with Gasteiger partial charge in [0.2, 0.25) is 10.0 Å². The largest absolute Gasteiger partial charge is 0.383 e. The number of likely N-dealkylation sites (N-methyl/N-ethyl adjacent to an activating group) is 1. The maximum Gasteiger partial charge on any atom is 0.243 e. The van der Waals surface area contributed by atoms with Gasteiger partial charge in [-0.05, 0) is 32.2 Å². The van der Waals surface area contributed by atoms with Gasteiger partial charge in [0.05, 0.1) is 11.5 Å². The summed E-state index contributed by atoms with van der Waals surface area (Å²) in [5.41, 5.74) is 0.321. The van der Waals surface area contributed by atoms with Gasteiger partial charge in [-0.1, -0.05) is 0 Å². The number of sulfonamides is 1. The first-order valence-corrected chi connectivity index (χ1v) is 7.68. The van der Waals surface area contributed by atoms with Crippen LogP contribution in [-0.4, -0.2) is 46.6 Å². The fourth-order valence-electron chi connectivity index (χ4n) is 1.79. The van der Waals surface area contributed by atoms with Gasteiger partial charge in [0, 0.05) is 32.3 Å². The van der Waals surface area contributed by atoms with Gasteiger partial charge in [0.25, 0.3) is 0 Å². The molecule has 0 spiro atoms. The first-order chi connectivity index (χ1) is 9.34. The third-order valence-electron chi connectivity index (χ3n) is 3.09. The van der Waals surface area contributed by atoms with Crippen LogP contribution in [0, 0.1) is 5.82 Å². The summed E-state index contributed by atoms with van der Waals surface area (Å²) in [6.07, 6.45) is 0. The van der Waals surface area contributed by atoms with E-state index >= 15 is 0 Å². The minimum absolute atomic E-state index is 0.0783. The molecule has 5 nitrogen and oxygen atoms in total. The van der Waals surface area contributed by atoms with Crippen LogP contribution in [0.15, 0.2) is 23.1 Å². The molecular weight excluding hydrogens is 283 g/mol. The number of hydrogen-bond acceptors (Lipinski definition) is 4. The van der Waals surface area contributed by atoms with Gasteiger partial charge >= 0.3 is 0 Å². The SMILES string of the molecule is CNCc1cc(S(=O)(=O)N(C)C(C)COC)ccc1F. The topological polar surface area (TPSA) is 58.6 Å². The summed E-state index contributed by atoms with van der Waals surface area (Å²) in [4.78, 5) is 0.0783. The van der Waals surface area contributed by atoms with Gasteiger partial charge in [0.15, 0.2) is 0 Å². The zero-order valence-corrected chi connectivity index (χ0v) is 13.0. The van der Waals surface area contributed by atoms with E-state index in [0.717, 1.165) is 0 Å². The third-order valence-corrected chi connectivity index (χ3v) is 5.06. The summed E-state index contributed by atoms with van der Waals surface area (Å²) in [6.45, 7) is 2.31. The molecule has 0 amide bonds. The normalized spacial score (nSPS) is 13.7. The number of halogens is 1. The van der Waals surface area contributed by atoms with E-state index in [1.54, 1.807) is 14.0 Å². The number of ether oxygens (including phenoxy) is 1. The van der Waals surface area contributed by atoms with E-state index in [2.05, 4.69) is 5.32 Å². The second kappa shape index (κ2) is 7.12. The van der Waals surface area contributed by atoms with Crippen molar-refractivity contribution in [2.75, 3.05) is 27.8 Å². The standard InChI is InChI=1S/C13H21FN2O3S/c1-10(9-19-4)16(3)20(17,18)12-5-6-13(14)11(7-12)8-15-2/h5-7,10,15H,8-9H2,1-4H3. The Balaban J connectivity index is 3.12. The van der Waals surface area contributed by atoms with Crippen molar-refractivity contribution in [3.8, 4) is 0 Å². The number of benzene rings is 1. The molecule has 0 aliphatic rings. The van der Waals surface area contributed by atoms with E-state index in [1.165, 1.54) is 36.7 Å². The highest BCUT2D eigenvalue weighted by Gasteiger charge is 2.26. The molecule has 0 aliphatic heterocycles. The average molecular weight is 304 g/mol. The summed E-state index contributed by atoms with van der Waals surface area (Å²) in [5, 5.41) is 2.81. The van der Waals surface area contributed by atoms with Crippen molar-refractivity contribution in [3.63, 3.8) is 0 Å². The molecule has 0 aliphatic carbocycles. The van der Waals surface area contributed by atoms with E-state index in [-0.39, 0.29) is 17.5 Å². The predicted octanol–water partition coefficient (Wildman–Crippen LogP) is 1.20. The van der Waals surface area contributed by atoms with Crippen molar-refractivity contribution >= 4 is 10.0 Å². The highest BCUT2D eigenvalue weighted by Crippen LogP contribution is 2.20. The molecule has 114 valence electrons. The van der Waals surface area contributed by atoms with Gasteiger partial charge in [-0.2, -0.15) is 4.31 Å². The highest BCUT2D eigenvalue weighted by atomic mass is 32.2. The fraction of sp³-hybridized carbons (Fsp3) is 0.538. The summed E-state index contributed by atoms with van der Waals surface area (Å²) >= 11 is 0. The van der Waals surface area contributed by atoms with Crippen molar-refractivity contribution in [2.45, 2.75) is 24.4 Å². The molecular formula is C13H21FN2O3S. The Kier molecular flexibility index (Phi) is 6.07. The summed E-state index contributed by atoms with van der Waals surface area (Å²) < 4.78 is 44.6. The van der Waals surface area contributed by atoms with Gasteiger partial charge in [-0.15, -0.1) is 0 Å². The monoisotopic (exact) mass is 304 g/mol. The van der Waals surface area contributed by atoms with E-state index in [9.17, 15) is 12.8 Å². The molecule has 0 fully saturated rings. The Bertz CT molecular complexity index is 549. The van der Waals surface area contributed by atoms with Crippen molar-refractivity contribution in [1.82, 2.24) is 9.62 Å². The summed E-state index contributed by atoms with van der Waals surface area (Å²) in [6, 6.07) is 3.51. The number of methoxy groups -OCH3 is 1. The molecule has 0 radical (unpaired) electrons. The van der Waals surface area contributed by atoms with Crippen LogP contribution >= 0.6 is 0 Å². The van der Waals surface area contributed by atoms with Crippen LogP contribution in [-0.2, 0) is 21.3 Å². The molecule has 0 saturated carbocycles. The zero-order chi connectivity index (χ0) is 15.3. The van der Waals surface area contributed by atoms with Crippen LogP contribution in [0.4, 0.5) is 4.39 Å². The first-order valence-electron chi connectivity index (χ1n) is 6.24. The molecule has 1 N–H and O–H groups in total. The zero-order valence-electron chi connectivity index (χ0n) is 12.2. The molecule has 1 aromatic carbocycles. The van der Waals surface area contributed by atoms with Crippen LogP contribution in [0.25, 0.3) is 0 Å². The molecule has 7 heteroatoms. The van der Waals surface area contributed by atoms with Crippen LogP contribution in [0.2, 0.25) is 0 Å². The molecule has 0 saturated heterocycles. The fourth-order valence-corrected chi connectivity index (χ4v) is 3.19. The number of nitrogens with zero attached hydrogens (tertiary/aromatic N) is 1. The maximum absolute atomic E-state index is 13.6. The summed E-state index contributed by atoms with van der Waals surface area (Å²) in [5.74, 6) is -0.425. The van der Waals surface area contributed by atoms with Crippen LogP contribution < -0.4 is 5.32 Å². The molecule has 20 heavy (non-hydrogen) atoms. The maximum atomic E-state index is 13.6. The van der Waals surface area contributed by atoms with E-state index < -0.39 is 15.8 Å². The third kappa shape index (κ3) is 3.76. The minimum atomic E-state index is -3.66. The van der Waals surface area contributed by atoms with E-state index in [4.69, 9.17) is 4.74 Å². The predicted molar refractivity (Wildman–Crippen MR) is 75.5 cm³/mol. The first kappa shape index (κ1) is 17.0. The second-order valence-electron chi connectivity index (χ2n) is 4.61. The van der Waals surface area contributed by atoms with Crippen molar-refractivity contribution in [1.29, 1.82) is 0 Å². The van der Waals surface area contributed by atoms with Gasteiger partial charge in [0.1, 0.15) is 5.82 Å². The second-order valence-corrected chi connectivity index (χ2v) is 6.61. The number of rotatable bonds is 7. The van der Waals surface area contributed by atoms with Crippen LogP contribution in [0.3, 0.4) is 0 Å².